The minimum absolute atomic E-state index is 0.0358. The molecule has 7 N–H and O–H groups in total. The molecule has 3 aromatic rings. The number of aliphatic carboxylic acids is 1. The SMILES string of the molecule is O=C(O)C1O[C@@H](Oc2cc(-c3cc(=O)c4c(O)cc(O)cc4o3)ccc2O)C(O)[C@@H](O)[C@@H]1O. The molecule has 1 aliphatic heterocycles. The van der Waals surface area contributed by atoms with Crippen LogP contribution in [0.2, 0.25) is 0 Å². The number of fused-ring (bicyclic) bond motifs is 1. The standard InChI is InChI=1S/C21H18O12/c22-8-4-10(24)15-11(25)6-12(31-14(15)5-8)7-1-2-9(23)13(3-7)32-21-18(28)16(26)17(27)19(33-21)20(29)30/h1-6,16-19,21-24,26-28H,(H,29,30)/t16-,17-,18?,19?,21+/m0/s1. The van der Waals surface area contributed by atoms with E-state index in [2.05, 4.69) is 0 Å². The van der Waals surface area contributed by atoms with Crippen LogP contribution in [-0.2, 0) is 9.53 Å². The second-order valence-corrected chi connectivity index (χ2v) is 7.35. The molecule has 1 fully saturated rings. The van der Waals surface area contributed by atoms with Gasteiger partial charge in [-0.05, 0) is 18.2 Å². The van der Waals surface area contributed by atoms with Gasteiger partial charge in [0.15, 0.2) is 23.0 Å². The van der Waals surface area contributed by atoms with Gasteiger partial charge < -0.3 is 49.6 Å². The van der Waals surface area contributed by atoms with Crippen LogP contribution >= 0.6 is 0 Å². The highest BCUT2D eigenvalue weighted by Gasteiger charge is 2.48. The molecule has 2 unspecified atom stereocenters. The zero-order chi connectivity index (χ0) is 24.0. The molecule has 2 heterocycles. The molecule has 2 aromatic carbocycles. The number of phenolic OH excluding ortho intramolecular Hbond substituents is 3. The van der Waals surface area contributed by atoms with Crippen LogP contribution in [0.3, 0.4) is 0 Å². The molecular formula is C21H18O12. The number of aliphatic hydroxyl groups is 3. The van der Waals surface area contributed by atoms with Crippen LogP contribution in [-0.4, -0.2) is 72.4 Å². The van der Waals surface area contributed by atoms with Gasteiger partial charge >= 0.3 is 5.97 Å². The van der Waals surface area contributed by atoms with Gasteiger partial charge in [0.25, 0.3) is 0 Å². The Labute approximate surface area is 183 Å². The number of hydrogen-bond acceptors (Lipinski definition) is 11. The fraction of sp³-hybridized carbons (Fsp3) is 0.238. The van der Waals surface area contributed by atoms with Crippen molar-refractivity contribution < 1.29 is 54.4 Å². The number of aliphatic hydroxyl groups excluding tert-OH is 3. The summed E-state index contributed by atoms with van der Waals surface area (Å²) in [5, 5.41) is 68.5. The van der Waals surface area contributed by atoms with Crippen LogP contribution in [0.1, 0.15) is 0 Å². The zero-order valence-corrected chi connectivity index (χ0v) is 16.5. The molecule has 0 saturated carbocycles. The average molecular weight is 462 g/mol. The van der Waals surface area contributed by atoms with Crippen LogP contribution < -0.4 is 10.2 Å². The molecule has 1 aromatic heterocycles. The third kappa shape index (κ3) is 4.03. The molecule has 0 aliphatic carbocycles. The van der Waals surface area contributed by atoms with Gasteiger partial charge in [-0.25, -0.2) is 4.79 Å². The van der Waals surface area contributed by atoms with Crippen molar-refractivity contribution in [2.24, 2.45) is 0 Å². The maximum absolute atomic E-state index is 12.4. The smallest absolute Gasteiger partial charge is 0.335 e. The zero-order valence-electron chi connectivity index (χ0n) is 16.5. The van der Waals surface area contributed by atoms with Crippen LogP contribution in [0.4, 0.5) is 0 Å². The lowest BCUT2D eigenvalue weighted by Crippen LogP contribution is -2.61. The van der Waals surface area contributed by atoms with E-state index in [9.17, 15) is 40.2 Å². The first-order chi connectivity index (χ1) is 15.6. The highest BCUT2D eigenvalue weighted by molar-refractivity contribution is 5.86. The molecule has 33 heavy (non-hydrogen) atoms. The topological polar surface area (TPSA) is 207 Å². The molecule has 12 nitrogen and oxygen atoms in total. The van der Waals surface area contributed by atoms with Crippen LogP contribution in [0, 0.1) is 0 Å². The maximum atomic E-state index is 12.4. The molecular weight excluding hydrogens is 444 g/mol. The Hall–Kier alpha value is -3.84. The Bertz CT molecular complexity index is 1280. The van der Waals surface area contributed by atoms with E-state index in [1.54, 1.807) is 0 Å². The number of benzene rings is 2. The Morgan fingerprint density at radius 2 is 1.64 bits per heavy atom. The third-order valence-corrected chi connectivity index (χ3v) is 5.10. The molecule has 5 atom stereocenters. The predicted octanol–water partition coefficient (Wildman–Crippen LogP) is -0.152. The first kappa shape index (κ1) is 22.4. The van der Waals surface area contributed by atoms with Crippen molar-refractivity contribution in [2.45, 2.75) is 30.7 Å². The Balaban J connectivity index is 1.70. The van der Waals surface area contributed by atoms with E-state index in [0.717, 1.165) is 24.3 Å². The predicted molar refractivity (Wildman–Crippen MR) is 108 cm³/mol. The molecule has 0 amide bonds. The number of rotatable bonds is 4. The Morgan fingerprint density at radius 1 is 0.909 bits per heavy atom. The van der Waals surface area contributed by atoms with Crippen molar-refractivity contribution in [1.29, 1.82) is 0 Å². The summed E-state index contributed by atoms with van der Waals surface area (Å²) in [6, 6.07) is 6.86. The molecule has 1 saturated heterocycles. The molecule has 12 heteroatoms. The minimum Gasteiger partial charge on any atom is -0.508 e. The number of ether oxygens (including phenoxy) is 2. The molecule has 4 rings (SSSR count). The summed E-state index contributed by atoms with van der Waals surface area (Å²) < 4.78 is 16.0. The van der Waals surface area contributed by atoms with Gasteiger partial charge in [-0.2, -0.15) is 0 Å². The number of carbonyl (C=O) groups is 1. The van der Waals surface area contributed by atoms with Crippen molar-refractivity contribution >= 4 is 16.9 Å². The van der Waals surface area contributed by atoms with Gasteiger partial charge in [-0.15, -0.1) is 0 Å². The van der Waals surface area contributed by atoms with Gasteiger partial charge in [0, 0.05) is 23.8 Å². The van der Waals surface area contributed by atoms with Gasteiger partial charge in [-0.1, -0.05) is 0 Å². The summed E-state index contributed by atoms with van der Waals surface area (Å²) in [6.07, 6.45) is -9.37. The average Bonchev–Trinajstić information content (AvgIpc) is 2.74. The molecule has 0 radical (unpaired) electrons. The minimum atomic E-state index is -1.92. The first-order valence-corrected chi connectivity index (χ1v) is 9.49. The van der Waals surface area contributed by atoms with Gasteiger partial charge in [0.2, 0.25) is 6.29 Å². The second kappa shape index (κ2) is 8.26. The molecule has 0 spiro atoms. The van der Waals surface area contributed by atoms with E-state index in [0.29, 0.717) is 0 Å². The summed E-state index contributed by atoms with van der Waals surface area (Å²) in [4.78, 5) is 23.7. The summed E-state index contributed by atoms with van der Waals surface area (Å²) in [7, 11) is 0. The van der Waals surface area contributed by atoms with Crippen molar-refractivity contribution in [1.82, 2.24) is 0 Å². The van der Waals surface area contributed by atoms with Crippen LogP contribution in [0.15, 0.2) is 45.6 Å². The molecule has 1 aliphatic rings. The van der Waals surface area contributed by atoms with E-state index >= 15 is 0 Å². The summed E-state index contributed by atoms with van der Waals surface area (Å²) >= 11 is 0. The summed E-state index contributed by atoms with van der Waals surface area (Å²) in [5.41, 5.74) is -0.546. The lowest BCUT2D eigenvalue weighted by Gasteiger charge is -2.38. The molecule has 0 bridgehead atoms. The quantitative estimate of drug-likeness (QED) is 0.270. The summed E-state index contributed by atoms with van der Waals surface area (Å²) in [5.74, 6) is -3.24. The van der Waals surface area contributed by atoms with E-state index in [4.69, 9.17) is 19.0 Å². The maximum Gasteiger partial charge on any atom is 0.335 e. The Morgan fingerprint density at radius 3 is 2.33 bits per heavy atom. The second-order valence-electron chi connectivity index (χ2n) is 7.35. The number of hydrogen-bond donors (Lipinski definition) is 7. The molecule has 174 valence electrons. The largest absolute Gasteiger partial charge is 0.508 e. The summed E-state index contributed by atoms with van der Waals surface area (Å²) in [6.45, 7) is 0. The fourth-order valence-corrected chi connectivity index (χ4v) is 3.43. The lowest BCUT2D eigenvalue weighted by molar-refractivity contribution is -0.271. The number of carboxylic acids is 1. The van der Waals surface area contributed by atoms with Crippen molar-refractivity contribution in [3.05, 3.63) is 46.6 Å². The van der Waals surface area contributed by atoms with Gasteiger partial charge in [-0.3, -0.25) is 4.79 Å². The van der Waals surface area contributed by atoms with Crippen LogP contribution in [0.5, 0.6) is 23.0 Å². The Kier molecular flexibility index (Phi) is 5.59. The van der Waals surface area contributed by atoms with Crippen molar-refractivity contribution in [2.75, 3.05) is 0 Å². The van der Waals surface area contributed by atoms with Crippen molar-refractivity contribution in [3.8, 4) is 34.3 Å². The third-order valence-electron chi connectivity index (χ3n) is 5.10. The first-order valence-electron chi connectivity index (χ1n) is 9.49. The monoisotopic (exact) mass is 462 g/mol. The van der Waals surface area contributed by atoms with E-state index in [1.807, 2.05) is 0 Å². The fourth-order valence-electron chi connectivity index (χ4n) is 3.43. The van der Waals surface area contributed by atoms with E-state index in [-0.39, 0.29) is 33.8 Å². The van der Waals surface area contributed by atoms with E-state index < -0.39 is 53.6 Å². The van der Waals surface area contributed by atoms with E-state index in [1.165, 1.54) is 12.1 Å². The highest BCUT2D eigenvalue weighted by atomic mass is 16.7. The van der Waals surface area contributed by atoms with Gasteiger partial charge in [0.1, 0.15) is 46.5 Å². The lowest BCUT2D eigenvalue weighted by atomic mass is 9.99. The number of aromatic hydroxyl groups is 3. The normalized spacial score (nSPS) is 25.1. The van der Waals surface area contributed by atoms with Gasteiger partial charge in [0.05, 0.1) is 0 Å². The highest BCUT2D eigenvalue weighted by Crippen LogP contribution is 2.36. The van der Waals surface area contributed by atoms with Crippen molar-refractivity contribution in [3.63, 3.8) is 0 Å². The number of carboxylic acid groups (broad SMARTS) is 1. The van der Waals surface area contributed by atoms with Crippen LogP contribution in [0.25, 0.3) is 22.3 Å². The number of phenols is 3.